The molecule has 0 atom stereocenters. The maximum atomic E-state index is 13.4. The molecule has 20 heteroatoms. The second-order valence-corrected chi connectivity index (χ2v) is 20.0. The Balaban J connectivity index is 0.000000280. The van der Waals surface area contributed by atoms with E-state index in [1.54, 1.807) is 44.3 Å². The first-order valence-electron chi connectivity index (χ1n) is 26.5. The topological polar surface area (TPSA) is 275 Å². The quantitative estimate of drug-likeness (QED) is 0.0366. The van der Waals surface area contributed by atoms with Crippen molar-refractivity contribution in [3.05, 3.63) is 127 Å². The van der Waals surface area contributed by atoms with Gasteiger partial charge in [0.15, 0.2) is 0 Å². The zero-order valence-electron chi connectivity index (χ0n) is 47.4. The zero-order valence-corrected chi connectivity index (χ0v) is 47.4. The second kappa shape index (κ2) is 28.3. The number of nitrogens with two attached hydrogens (primary N) is 1. The van der Waals surface area contributed by atoms with Crippen LogP contribution in [0.3, 0.4) is 0 Å². The van der Waals surface area contributed by atoms with Crippen molar-refractivity contribution in [2.75, 3.05) is 88.5 Å². The molecule has 0 bridgehead atoms. The van der Waals surface area contributed by atoms with Gasteiger partial charge in [0.1, 0.15) is 17.5 Å². The van der Waals surface area contributed by atoms with E-state index in [1.807, 2.05) is 97.7 Å². The van der Waals surface area contributed by atoms with Gasteiger partial charge >= 0.3 is 0 Å². The Labute approximate surface area is 458 Å². The van der Waals surface area contributed by atoms with Crippen molar-refractivity contribution in [2.24, 2.45) is 5.73 Å². The number of hydrogen-bond donors (Lipinski definition) is 8. The van der Waals surface area contributed by atoms with E-state index in [9.17, 15) is 24.0 Å². The number of rotatable bonds is 17. The minimum absolute atomic E-state index is 0.000184. The first kappa shape index (κ1) is 60.8. The SMILES string of the molecule is CC.CC(C)=C(CNC(=O)c1cc(-c2ccc(N3CCN(C)CC3)nc2)nc(NC(C)C)c1C=N)C(N)=O.Cc1cc(C)c(CNC(=O)c2cc(-c3ccc(C(=O)N4CCN(C)CC4)cc3)nc(NC(C)C)c2C=N)c(=O)[nH]1. The van der Waals surface area contributed by atoms with Crippen molar-refractivity contribution < 1.29 is 19.2 Å². The maximum Gasteiger partial charge on any atom is 0.253 e. The molecule has 0 aliphatic carbocycles. The van der Waals surface area contributed by atoms with Gasteiger partial charge in [-0.15, -0.1) is 0 Å². The molecule has 0 saturated carbocycles. The smallest absolute Gasteiger partial charge is 0.253 e. The Kier molecular flexibility index (Phi) is 22.1. The van der Waals surface area contributed by atoms with Gasteiger partial charge in [-0.05, 0) is 118 Å². The Morgan fingerprint density at radius 2 is 1.22 bits per heavy atom. The molecular formula is C58H79N15O5. The van der Waals surface area contributed by atoms with Crippen molar-refractivity contribution in [1.29, 1.82) is 10.8 Å². The summed E-state index contributed by atoms with van der Waals surface area (Å²) >= 11 is 0. The number of anilines is 3. The summed E-state index contributed by atoms with van der Waals surface area (Å²) in [5.41, 5.74) is 12.8. The van der Waals surface area contributed by atoms with Gasteiger partial charge in [0, 0.05) is 141 Å². The highest BCUT2D eigenvalue weighted by Gasteiger charge is 2.24. The molecule has 2 aliphatic rings. The van der Waals surface area contributed by atoms with Gasteiger partial charge in [0.25, 0.3) is 23.3 Å². The number of aromatic amines is 1. The lowest BCUT2D eigenvalue weighted by molar-refractivity contribution is -0.114. The van der Waals surface area contributed by atoms with Crippen LogP contribution in [0.5, 0.6) is 0 Å². The highest BCUT2D eigenvalue weighted by atomic mass is 16.2. The van der Waals surface area contributed by atoms with Gasteiger partial charge in [-0.3, -0.25) is 24.0 Å². The van der Waals surface area contributed by atoms with Gasteiger partial charge in [0.2, 0.25) is 5.91 Å². The standard InChI is InChI=1S/C30H37N7O3.C26H36N8O2.C2H6/c1-18(2)33-27-24(16-31)23(28(38)32-17-25-19(3)14-20(4)34-29(25)39)15-26(35-27)21-6-8-22(9-7-21)30(40)37-12-10-36(5)11-13-37;1-16(2)21(24(28)35)15-30-26(36)19-12-22(32-25(20(19)13-27)31-17(3)4)18-6-7-23(29-14-18)34-10-8-33(5)9-11-34;1-2/h6-9,14-16,18,31H,10-13,17H2,1-5H3,(H,32,38)(H,33,35)(H,34,39);6-7,12-14,17,27H,8-11,15H2,1-5H3,(H2,28,35)(H,30,36)(H,31,32);1-2H3. The van der Waals surface area contributed by atoms with E-state index in [2.05, 4.69) is 53.0 Å². The summed E-state index contributed by atoms with van der Waals surface area (Å²) in [5.74, 6) is 0.322. The Bertz CT molecular complexity index is 3020. The highest BCUT2D eigenvalue weighted by molar-refractivity contribution is 6.07. The molecule has 2 fully saturated rings. The largest absolute Gasteiger partial charge is 0.367 e. The molecule has 9 N–H and O–H groups in total. The number of carbonyl (C=O) groups excluding carboxylic acids is 4. The van der Waals surface area contributed by atoms with Crippen molar-refractivity contribution in [1.82, 2.24) is 45.3 Å². The van der Waals surface area contributed by atoms with Crippen LogP contribution in [-0.4, -0.2) is 156 Å². The van der Waals surface area contributed by atoms with Crippen LogP contribution in [-0.2, 0) is 11.3 Å². The Hall–Kier alpha value is -8.10. The summed E-state index contributed by atoms with van der Waals surface area (Å²) in [4.78, 5) is 89.3. The molecule has 0 spiro atoms. The molecule has 0 radical (unpaired) electrons. The van der Waals surface area contributed by atoms with Crippen molar-refractivity contribution in [3.63, 3.8) is 0 Å². The summed E-state index contributed by atoms with van der Waals surface area (Å²) in [7, 11) is 4.16. The van der Waals surface area contributed by atoms with E-state index in [1.165, 1.54) is 0 Å². The number of primary amides is 1. The number of piperazine rings is 2. The molecule has 4 aromatic heterocycles. The van der Waals surface area contributed by atoms with E-state index in [4.69, 9.17) is 26.5 Å². The number of H-pyrrole nitrogens is 1. The number of benzene rings is 1. The van der Waals surface area contributed by atoms with Crippen molar-refractivity contribution in [3.8, 4) is 22.5 Å². The third kappa shape index (κ3) is 16.0. The maximum absolute atomic E-state index is 13.4. The molecular weight excluding hydrogens is 987 g/mol. The first-order chi connectivity index (χ1) is 37.2. The highest BCUT2D eigenvalue weighted by Crippen LogP contribution is 2.29. The molecule has 5 aromatic rings. The fourth-order valence-electron chi connectivity index (χ4n) is 8.72. The van der Waals surface area contributed by atoms with Gasteiger partial charge in [0.05, 0.1) is 22.5 Å². The minimum atomic E-state index is -0.577. The number of aryl methyl sites for hydroxylation is 2. The molecule has 20 nitrogen and oxygen atoms in total. The number of amides is 4. The first-order valence-corrected chi connectivity index (χ1v) is 26.5. The van der Waals surface area contributed by atoms with E-state index in [0.717, 1.165) is 85.5 Å². The molecule has 4 amide bonds. The van der Waals surface area contributed by atoms with E-state index < -0.39 is 17.7 Å². The molecule has 1 aromatic carbocycles. The van der Waals surface area contributed by atoms with E-state index >= 15 is 0 Å². The monoisotopic (exact) mass is 1070 g/mol. The van der Waals surface area contributed by atoms with E-state index in [0.29, 0.717) is 63.9 Å². The van der Waals surface area contributed by atoms with Crippen LogP contribution < -0.4 is 37.5 Å². The van der Waals surface area contributed by atoms with E-state index in [-0.39, 0.29) is 47.8 Å². The average Bonchev–Trinajstić information content (AvgIpc) is 3.41. The summed E-state index contributed by atoms with van der Waals surface area (Å²) in [6.07, 6.45) is 3.98. The predicted octanol–water partition coefficient (Wildman–Crippen LogP) is 6.48. The van der Waals surface area contributed by atoms with Gasteiger partial charge in [-0.1, -0.05) is 31.6 Å². The van der Waals surface area contributed by atoms with Crippen LogP contribution in [0.4, 0.5) is 17.5 Å². The predicted molar refractivity (Wildman–Crippen MR) is 312 cm³/mol. The van der Waals surface area contributed by atoms with Crippen molar-refractivity contribution in [2.45, 2.75) is 87.9 Å². The average molecular weight is 1070 g/mol. The van der Waals surface area contributed by atoms with Crippen LogP contribution in [0, 0.1) is 24.7 Å². The number of likely N-dealkylation sites (N-methyl/N-ethyl adjacent to an activating group) is 2. The van der Waals surface area contributed by atoms with Gasteiger partial charge in [-0.2, -0.15) is 0 Å². The lowest BCUT2D eigenvalue weighted by Gasteiger charge is -2.33. The van der Waals surface area contributed by atoms with Crippen LogP contribution in [0.1, 0.15) is 114 Å². The number of nitrogens with zero attached hydrogens (tertiary/aromatic N) is 7. The molecule has 2 aliphatic heterocycles. The minimum Gasteiger partial charge on any atom is -0.367 e. The molecule has 78 heavy (non-hydrogen) atoms. The number of aromatic nitrogens is 4. The summed E-state index contributed by atoms with van der Waals surface area (Å²) < 4.78 is 0. The molecule has 6 heterocycles. The Morgan fingerprint density at radius 1 is 0.718 bits per heavy atom. The molecule has 7 rings (SSSR count). The van der Waals surface area contributed by atoms with Crippen LogP contribution in [0.15, 0.2) is 76.7 Å². The number of hydrogen-bond acceptors (Lipinski definition) is 15. The number of allylic oxidation sites excluding steroid dienone is 1. The fourth-order valence-corrected chi connectivity index (χ4v) is 8.72. The Morgan fingerprint density at radius 3 is 1.68 bits per heavy atom. The molecule has 416 valence electrons. The normalized spacial score (nSPS) is 13.6. The van der Waals surface area contributed by atoms with Crippen LogP contribution in [0.25, 0.3) is 22.5 Å². The lowest BCUT2D eigenvalue weighted by Crippen LogP contribution is -2.47. The number of carbonyl (C=O) groups is 4. The summed E-state index contributed by atoms with van der Waals surface area (Å²) in [6, 6.07) is 16.3. The lowest BCUT2D eigenvalue weighted by atomic mass is 10.0. The van der Waals surface area contributed by atoms with Gasteiger partial charge in [-0.25, -0.2) is 15.0 Å². The zero-order chi connectivity index (χ0) is 57.4. The van der Waals surface area contributed by atoms with Crippen molar-refractivity contribution >= 4 is 53.5 Å². The number of nitrogens with one attached hydrogen (secondary N) is 7. The number of pyridine rings is 4. The summed E-state index contributed by atoms with van der Waals surface area (Å²) in [6.45, 7) is 25.9. The fraction of sp³-hybridized carbons (Fsp3) is 0.414. The van der Waals surface area contributed by atoms with Crippen LogP contribution >= 0.6 is 0 Å². The molecule has 2 saturated heterocycles. The van der Waals surface area contributed by atoms with Gasteiger partial charge < -0.3 is 62.4 Å². The third-order valence-corrected chi connectivity index (χ3v) is 13.1. The molecule has 0 unspecified atom stereocenters. The summed E-state index contributed by atoms with van der Waals surface area (Å²) in [5, 5.41) is 28.1. The second-order valence-electron chi connectivity index (χ2n) is 20.0. The van der Waals surface area contributed by atoms with Crippen LogP contribution in [0.2, 0.25) is 0 Å². The third-order valence-electron chi connectivity index (χ3n) is 13.1.